The van der Waals surface area contributed by atoms with E-state index in [2.05, 4.69) is 28.7 Å². The van der Waals surface area contributed by atoms with Crippen molar-refractivity contribution >= 4 is 10.9 Å². The second kappa shape index (κ2) is 4.51. The monoisotopic (exact) mass is 230 g/mol. The molecule has 0 spiro atoms. The predicted molar refractivity (Wildman–Crippen MR) is 68.8 cm³/mol. The fraction of sp³-hybridized carbons (Fsp3) is 0.429. The lowest BCUT2D eigenvalue weighted by Crippen LogP contribution is -2.10. The highest BCUT2D eigenvalue weighted by Gasteiger charge is 2.15. The molecule has 0 saturated carbocycles. The molecule has 0 fully saturated rings. The molecule has 0 radical (unpaired) electrons. The van der Waals surface area contributed by atoms with Gasteiger partial charge in [-0.1, -0.05) is 6.07 Å². The van der Waals surface area contributed by atoms with E-state index in [1.165, 1.54) is 53.4 Å². The van der Waals surface area contributed by atoms with Crippen LogP contribution in [-0.2, 0) is 24.2 Å². The summed E-state index contributed by atoms with van der Waals surface area (Å²) in [5.74, 6) is 0. The molecule has 2 aromatic rings. The minimum atomic E-state index is 0.756. The molecule has 90 valence electrons. The van der Waals surface area contributed by atoms with Crippen molar-refractivity contribution < 1.29 is 4.84 Å². The number of fused-ring (bicyclic) bond motifs is 3. The average Bonchev–Trinajstić information content (AvgIpc) is 2.74. The van der Waals surface area contributed by atoms with Crippen molar-refractivity contribution in [1.29, 1.82) is 0 Å². The third-order valence-electron chi connectivity index (χ3n) is 3.58. The number of H-pyrrole nitrogens is 1. The van der Waals surface area contributed by atoms with Crippen LogP contribution in [0.1, 0.15) is 29.7 Å². The lowest BCUT2D eigenvalue weighted by atomic mass is 9.95. The molecular formula is C14H18N2O. The van der Waals surface area contributed by atoms with Crippen LogP contribution in [0.15, 0.2) is 18.2 Å². The van der Waals surface area contributed by atoms with Crippen LogP contribution in [0.4, 0.5) is 0 Å². The second-order valence-electron chi connectivity index (χ2n) is 4.69. The number of nitrogens with one attached hydrogen (secondary N) is 2. The van der Waals surface area contributed by atoms with Crippen molar-refractivity contribution in [3.05, 3.63) is 35.0 Å². The Morgan fingerprint density at radius 1 is 1.29 bits per heavy atom. The summed E-state index contributed by atoms with van der Waals surface area (Å²) in [6.07, 6.45) is 5.06. The van der Waals surface area contributed by atoms with E-state index in [4.69, 9.17) is 4.84 Å². The molecule has 0 atom stereocenters. The molecule has 1 heterocycles. The quantitative estimate of drug-likeness (QED) is 0.795. The van der Waals surface area contributed by atoms with Gasteiger partial charge in [-0.25, -0.2) is 0 Å². The molecule has 1 aromatic heterocycles. The smallest absolute Gasteiger partial charge is 0.0572 e. The van der Waals surface area contributed by atoms with Crippen LogP contribution in [-0.4, -0.2) is 12.1 Å². The third-order valence-corrected chi connectivity index (χ3v) is 3.58. The van der Waals surface area contributed by atoms with Gasteiger partial charge in [0.25, 0.3) is 0 Å². The molecule has 3 rings (SSSR count). The number of benzene rings is 1. The van der Waals surface area contributed by atoms with E-state index in [-0.39, 0.29) is 0 Å². The normalized spacial score (nSPS) is 15.1. The van der Waals surface area contributed by atoms with E-state index < -0.39 is 0 Å². The number of hydrogen-bond acceptors (Lipinski definition) is 2. The van der Waals surface area contributed by atoms with Crippen LogP contribution in [0.2, 0.25) is 0 Å². The zero-order chi connectivity index (χ0) is 11.7. The van der Waals surface area contributed by atoms with Gasteiger partial charge in [-0.3, -0.25) is 0 Å². The van der Waals surface area contributed by atoms with Crippen LogP contribution < -0.4 is 5.48 Å². The molecule has 2 N–H and O–H groups in total. The summed E-state index contributed by atoms with van der Waals surface area (Å²) in [6.45, 7) is 0.756. The minimum absolute atomic E-state index is 0.756. The minimum Gasteiger partial charge on any atom is -0.358 e. The Balaban J connectivity index is 2.02. The van der Waals surface area contributed by atoms with Gasteiger partial charge in [0.1, 0.15) is 0 Å². The maximum atomic E-state index is 4.89. The highest BCUT2D eigenvalue weighted by atomic mass is 16.6. The molecule has 0 aliphatic heterocycles. The number of aromatic nitrogens is 1. The number of aromatic amines is 1. The highest BCUT2D eigenvalue weighted by molar-refractivity contribution is 5.85. The predicted octanol–water partition coefficient (Wildman–Crippen LogP) is 2.70. The van der Waals surface area contributed by atoms with Crippen LogP contribution in [0, 0.1) is 0 Å². The Hall–Kier alpha value is -1.32. The summed E-state index contributed by atoms with van der Waals surface area (Å²) >= 11 is 0. The molecule has 17 heavy (non-hydrogen) atoms. The zero-order valence-electron chi connectivity index (χ0n) is 10.2. The van der Waals surface area contributed by atoms with Gasteiger partial charge in [0.2, 0.25) is 0 Å². The van der Waals surface area contributed by atoms with Gasteiger partial charge in [0, 0.05) is 23.1 Å². The number of hydrogen-bond donors (Lipinski definition) is 2. The fourth-order valence-electron chi connectivity index (χ4n) is 2.72. The summed E-state index contributed by atoms with van der Waals surface area (Å²) in [5.41, 5.74) is 8.42. The van der Waals surface area contributed by atoms with Gasteiger partial charge >= 0.3 is 0 Å². The van der Waals surface area contributed by atoms with Crippen molar-refractivity contribution in [3.8, 4) is 0 Å². The zero-order valence-corrected chi connectivity index (χ0v) is 10.2. The van der Waals surface area contributed by atoms with E-state index in [0.717, 1.165) is 6.54 Å². The summed E-state index contributed by atoms with van der Waals surface area (Å²) in [6, 6.07) is 6.61. The summed E-state index contributed by atoms with van der Waals surface area (Å²) in [7, 11) is 1.65. The summed E-state index contributed by atoms with van der Waals surface area (Å²) < 4.78 is 0. The Morgan fingerprint density at radius 3 is 3.06 bits per heavy atom. The van der Waals surface area contributed by atoms with Crippen molar-refractivity contribution in [2.24, 2.45) is 0 Å². The van der Waals surface area contributed by atoms with Crippen LogP contribution in [0.5, 0.6) is 0 Å². The van der Waals surface area contributed by atoms with Crippen molar-refractivity contribution in [2.75, 3.05) is 7.11 Å². The van der Waals surface area contributed by atoms with Gasteiger partial charge in [-0.15, -0.1) is 0 Å². The highest BCUT2D eigenvalue weighted by Crippen LogP contribution is 2.29. The summed E-state index contributed by atoms with van der Waals surface area (Å²) in [4.78, 5) is 8.44. The Labute approximate surface area is 101 Å². The first-order valence-corrected chi connectivity index (χ1v) is 6.26. The number of aryl methyl sites for hydroxylation is 2. The van der Waals surface area contributed by atoms with Crippen molar-refractivity contribution in [2.45, 2.75) is 32.2 Å². The van der Waals surface area contributed by atoms with E-state index in [0.29, 0.717) is 0 Å². The molecule has 1 aliphatic rings. The van der Waals surface area contributed by atoms with Gasteiger partial charge in [-0.2, -0.15) is 5.48 Å². The van der Waals surface area contributed by atoms with E-state index in [1.807, 2.05) is 0 Å². The van der Waals surface area contributed by atoms with Crippen molar-refractivity contribution in [3.63, 3.8) is 0 Å². The molecule has 3 heteroatoms. The van der Waals surface area contributed by atoms with E-state index in [9.17, 15) is 0 Å². The largest absolute Gasteiger partial charge is 0.358 e. The first-order valence-electron chi connectivity index (χ1n) is 6.26. The first kappa shape index (κ1) is 10.8. The third kappa shape index (κ3) is 1.96. The lowest BCUT2D eigenvalue weighted by molar-refractivity contribution is 0.0867. The Kier molecular flexibility index (Phi) is 2.87. The van der Waals surface area contributed by atoms with E-state index in [1.54, 1.807) is 7.11 Å². The van der Waals surface area contributed by atoms with Crippen LogP contribution >= 0.6 is 0 Å². The number of hydroxylamine groups is 1. The van der Waals surface area contributed by atoms with Crippen molar-refractivity contribution in [1.82, 2.24) is 10.5 Å². The molecule has 1 aliphatic carbocycles. The molecule has 0 bridgehead atoms. The fourth-order valence-corrected chi connectivity index (χ4v) is 2.72. The SMILES string of the molecule is CONCc1ccc2[nH]c3c(c2c1)CCCC3. The summed E-state index contributed by atoms with van der Waals surface area (Å²) in [5, 5.41) is 1.40. The molecule has 0 amide bonds. The molecule has 3 nitrogen and oxygen atoms in total. The molecule has 0 unspecified atom stereocenters. The van der Waals surface area contributed by atoms with Crippen LogP contribution in [0.25, 0.3) is 10.9 Å². The van der Waals surface area contributed by atoms with Gasteiger partial charge in [-0.05, 0) is 48.9 Å². The van der Waals surface area contributed by atoms with Gasteiger partial charge in [0.05, 0.1) is 7.11 Å². The Bertz CT molecular complexity index is 530. The molecule has 1 aromatic carbocycles. The van der Waals surface area contributed by atoms with Gasteiger partial charge in [0.15, 0.2) is 0 Å². The lowest BCUT2D eigenvalue weighted by Gasteiger charge is -2.10. The maximum absolute atomic E-state index is 4.89. The van der Waals surface area contributed by atoms with Crippen LogP contribution in [0.3, 0.4) is 0 Å². The Morgan fingerprint density at radius 2 is 2.18 bits per heavy atom. The standard InChI is InChI=1S/C14H18N2O/c1-17-15-9-10-6-7-14-12(8-10)11-4-2-3-5-13(11)16-14/h6-8,15-16H,2-5,9H2,1H3. The molecule has 0 saturated heterocycles. The molecular weight excluding hydrogens is 212 g/mol. The van der Waals surface area contributed by atoms with E-state index >= 15 is 0 Å². The first-order chi connectivity index (χ1) is 8.38. The topological polar surface area (TPSA) is 37.0 Å². The second-order valence-corrected chi connectivity index (χ2v) is 4.69. The maximum Gasteiger partial charge on any atom is 0.0572 e. The average molecular weight is 230 g/mol. The van der Waals surface area contributed by atoms with Gasteiger partial charge < -0.3 is 9.82 Å². The number of rotatable bonds is 3.